The number of carbonyl (C=O) groups is 1. The molecule has 5 N–H and O–H groups in total. The molecular formula is C15H12BrN3O. The largest absolute Gasteiger partial charge is 0.399 e. The van der Waals surface area contributed by atoms with E-state index in [0.29, 0.717) is 22.5 Å². The van der Waals surface area contributed by atoms with Gasteiger partial charge in [0.15, 0.2) is 5.78 Å². The number of nitrogens with one attached hydrogen (secondary N) is 1. The van der Waals surface area contributed by atoms with Gasteiger partial charge >= 0.3 is 0 Å². The number of rotatable bonds is 2. The Balaban J connectivity index is 2.13. The number of fused-ring (bicyclic) bond motifs is 1. The highest BCUT2D eigenvalue weighted by Gasteiger charge is 2.16. The quantitative estimate of drug-likeness (QED) is 0.498. The summed E-state index contributed by atoms with van der Waals surface area (Å²) >= 11 is 3.40. The predicted molar refractivity (Wildman–Crippen MR) is 84.7 cm³/mol. The Kier molecular flexibility index (Phi) is 2.99. The number of H-pyrrole nitrogens is 1. The first-order chi connectivity index (χ1) is 9.56. The Labute approximate surface area is 123 Å². The van der Waals surface area contributed by atoms with Gasteiger partial charge in [-0.25, -0.2) is 0 Å². The monoisotopic (exact) mass is 329 g/mol. The van der Waals surface area contributed by atoms with Gasteiger partial charge in [0, 0.05) is 44.1 Å². The summed E-state index contributed by atoms with van der Waals surface area (Å²) in [6.07, 6.45) is 1.70. The average Bonchev–Trinajstić information content (AvgIpc) is 2.80. The molecule has 0 aliphatic heterocycles. The number of hydrogen-bond donors (Lipinski definition) is 3. The van der Waals surface area contributed by atoms with E-state index in [2.05, 4.69) is 20.9 Å². The van der Waals surface area contributed by atoms with Gasteiger partial charge in [-0.3, -0.25) is 4.79 Å². The minimum atomic E-state index is -0.115. The van der Waals surface area contributed by atoms with Gasteiger partial charge in [0.2, 0.25) is 0 Å². The molecule has 100 valence electrons. The number of benzene rings is 2. The van der Waals surface area contributed by atoms with E-state index in [1.165, 1.54) is 0 Å². The molecule has 0 amide bonds. The fraction of sp³-hybridized carbons (Fsp3) is 0. The van der Waals surface area contributed by atoms with Crippen molar-refractivity contribution in [1.82, 2.24) is 4.98 Å². The SMILES string of the molecule is Nc1ccc(C(=O)c2c[nH]c3cc(Br)ccc23)c(N)c1. The van der Waals surface area contributed by atoms with Crippen LogP contribution in [0.2, 0.25) is 0 Å². The van der Waals surface area contributed by atoms with E-state index >= 15 is 0 Å². The summed E-state index contributed by atoms with van der Waals surface area (Å²) in [4.78, 5) is 15.7. The smallest absolute Gasteiger partial charge is 0.197 e. The van der Waals surface area contributed by atoms with Crippen LogP contribution in [-0.2, 0) is 0 Å². The molecule has 0 aliphatic carbocycles. The maximum atomic E-state index is 12.6. The lowest BCUT2D eigenvalue weighted by molar-refractivity contribution is 0.104. The molecule has 4 nitrogen and oxygen atoms in total. The summed E-state index contributed by atoms with van der Waals surface area (Å²) in [6, 6.07) is 10.7. The summed E-state index contributed by atoms with van der Waals surface area (Å²) in [5, 5.41) is 0.870. The van der Waals surface area contributed by atoms with E-state index in [1.807, 2.05) is 18.2 Å². The molecule has 3 aromatic rings. The van der Waals surface area contributed by atoms with E-state index in [4.69, 9.17) is 11.5 Å². The minimum Gasteiger partial charge on any atom is -0.399 e. The Bertz CT molecular complexity index is 823. The van der Waals surface area contributed by atoms with Gasteiger partial charge in [0.25, 0.3) is 0 Å². The summed E-state index contributed by atoms with van der Waals surface area (Å²) in [5.41, 5.74) is 14.4. The maximum Gasteiger partial charge on any atom is 0.197 e. The van der Waals surface area contributed by atoms with E-state index in [-0.39, 0.29) is 5.78 Å². The standard InChI is InChI=1S/C15H12BrN3O/c16-8-1-3-10-12(7-19-14(10)5-8)15(20)11-4-2-9(17)6-13(11)18/h1-7,19H,17-18H2. The van der Waals surface area contributed by atoms with Crippen LogP contribution >= 0.6 is 15.9 Å². The second kappa shape index (κ2) is 4.68. The van der Waals surface area contributed by atoms with Crippen LogP contribution in [0.3, 0.4) is 0 Å². The van der Waals surface area contributed by atoms with Gasteiger partial charge in [-0.2, -0.15) is 0 Å². The molecule has 0 aliphatic rings. The van der Waals surface area contributed by atoms with Crippen molar-refractivity contribution < 1.29 is 4.79 Å². The van der Waals surface area contributed by atoms with Crippen molar-refractivity contribution in [2.75, 3.05) is 11.5 Å². The third-order valence-corrected chi connectivity index (χ3v) is 3.70. The van der Waals surface area contributed by atoms with Crippen LogP contribution < -0.4 is 11.5 Å². The normalized spacial score (nSPS) is 10.8. The predicted octanol–water partition coefficient (Wildman–Crippen LogP) is 3.33. The first-order valence-electron chi connectivity index (χ1n) is 6.02. The molecule has 20 heavy (non-hydrogen) atoms. The second-order valence-electron chi connectivity index (χ2n) is 4.57. The maximum absolute atomic E-state index is 12.6. The molecular weight excluding hydrogens is 318 g/mol. The number of nitrogen functional groups attached to an aromatic ring is 2. The van der Waals surface area contributed by atoms with Crippen molar-refractivity contribution >= 4 is 44.0 Å². The van der Waals surface area contributed by atoms with Gasteiger partial charge < -0.3 is 16.5 Å². The van der Waals surface area contributed by atoms with Gasteiger partial charge in [-0.1, -0.05) is 22.0 Å². The van der Waals surface area contributed by atoms with Crippen LogP contribution in [0.5, 0.6) is 0 Å². The van der Waals surface area contributed by atoms with E-state index < -0.39 is 0 Å². The van der Waals surface area contributed by atoms with Gasteiger partial charge in [-0.05, 0) is 30.3 Å². The molecule has 2 aromatic carbocycles. The second-order valence-corrected chi connectivity index (χ2v) is 5.48. The molecule has 5 heteroatoms. The Morgan fingerprint density at radius 3 is 2.60 bits per heavy atom. The van der Waals surface area contributed by atoms with Crippen LogP contribution in [0.1, 0.15) is 15.9 Å². The summed E-state index contributed by atoms with van der Waals surface area (Å²) in [6.45, 7) is 0. The van der Waals surface area contributed by atoms with E-state index in [0.717, 1.165) is 15.4 Å². The fourth-order valence-corrected chi connectivity index (χ4v) is 2.58. The number of aromatic amines is 1. The fourth-order valence-electron chi connectivity index (χ4n) is 2.22. The number of nitrogens with two attached hydrogens (primary N) is 2. The van der Waals surface area contributed by atoms with Gasteiger partial charge in [0.05, 0.1) is 0 Å². The van der Waals surface area contributed by atoms with Crippen molar-refractivity contribution in [2.45, 2.75) is 0 Å². The van der Waals surface area contributed by atoms with E-state index in [1.54, 1.807) is 24.4 Å². The number of hydrogen-bond acceptors (Lipinski definition) is 3. The molecule has 0 saturated heterocycles. The Morgan fingerprint density at radius 1 is 1.05 bits per heavy atom. The summed E-state index contributed by atoms with van der Waals surface area (Å²) in [5.74, 6) is -0.115. The van der Waals surface area contributed by atoms with Crippen LogP contribution in [0.15, 0.2) is 47.1 Å². The highest BCUT2D eigenvalue weighted by Crippen LogP contribution is 2.26. The molecule has 0 bridgehead atoms. The molecule has 0 atom stereocenters. The lowest BCUT2D eigenvalue weighted by Crippen LogP contribution is -2.05. The molecule has 0 radical (unpaired) electrons. The minimum absolute atomic E-state index is 0.115. The molecule has 1 heterocycles. The molecule has 0 saturated carbocycles. The molecule has 0 spiro atoms. The number of halogens is 1. The van der Waals surface area contributed by atoms with Crippen LogP contribution in [0, 0.1) is 0 Å². The third kappa shape index (κ3) is 2.06. The van der Waals surface area contributed by atoms with Gasteiger partial charge in [0.1, 0.15) is 0 Å². The lowest BCUT2D eigenvalue weighted by atomic mass is 10.0. The van der Waals surface area contributed by atoms with Crippen LogP contribution in [-0.4, -0.2) is 10.8 Å². The highest BCUT2D eigenvalue weighted by molar-refractivity contribution is 9.10. The van der Waals surface area contributed by atoms with Crippen LogP contribution in [0.4, 0.5) is 11.4 Å². The zero-order valence-electron chi connectivity index (χ0n) is 10.5. The summed E-state index contributed by atoms with van der Waals surface area (Å²) in [7, 11) is 0. The van der Waals surface area contributed by atoms with E-state index in [9.17, 15) is 4.79 Å². The zero-order chi connectivity index (χ0) is 14.3. The molecule has 1 aromatic heterocycles. The highest BCUT2D eigenvalue weighted by atomic mass is 79.9. The number of aromatic nitrogens is 1. The number of carbonyl (C=O) groups excluding carboxylic acids is 1. The van der Waals surface area contributed by atoms with Crippen molar-refractivity contribution in [3.05, 3.63) is 58.2 Å². The van der Waals surface area contributed by atoms with Crippen molar-refractivity contribution in [3.8, 4) is 0 Å². The zero-order valence-corrected chi connectivity index (χ0v) is 12.1. The number of ketones is 1. The lowest BCUT2D eigenvalue weighted by Gasteiger charge is -2.05. The first kappa shape index (κ1) is 12.7. The van der Waals surface area contributed by atoms with Crippen molar-refractivity contribution in [3.63, 3.8) is 0 Å². The third-order valence-electron chi connectivity index (χ3n) is 3.21. The molecule has 3 rings (SSSR count). The average molecular weight is 330 g/mol. The van der Waals surface area contributed by atoms with Crippen LogP contribution in [0.25, 0.3) is 10.9 Å². The molecule has 0 fully saturated rings. The topological polar surface area (TPSA) is 84.9 Å². The van der Waals surface area contributed by atoms with Crippen molar-refractivity contribution in [1.29, 1.82) is 0 Å². The molecule has 0 unspecified atom stereocenters. The first-order valence-corrected chi connectivity index (χ1v) is 6.82. The van der Waals surface area contributed by atoms with Gasteiger partial charge in [-0.15, -0.1) is 0 Å². The Morgan fingerprint density at radius 2 is 1.85 bits per heavy atom. The summed E-state index contributed by atoms with van der Waals surface area (Å²) < 4.78 is 0.956. The Hall–Kier alpha value is -2.27. The number of anilines is 2. The van der Waals surface area contributed by atoms with Crippen molar-refractivity contribution in [2.24, 2.45) is 0 Å².